The van der Waals surface area contributed by atoms with Crippen LogP contribution in [-0.2, 0) is 13.1 Å². The molecule has 3 rings (SSSR count). The summed E-state index contributed by atoms with van der Waals surface area (Å²) in [5.74, 6) is 1.57. The highest BCUT2D eigenvalue weighted by Gasteiger charge is 2.32. The van der Waals surface area contributed by atoms with Crippen molar-refractivity contribution >= 4 is 0 Å². The van der Waals surface area contributed by atoms with Gasteiger partial charge in [0.15, 0.2) is 11.6 Å². The van der Waals surface area contributed by atoms with Gasteiger partial charge in [-0.3, -0.25) is 10.00 Å². The number of halogens is 3. The number of aromatic amines is 1. The van der Waals surface area contributed by atoms with Gasteiger partial charge in [0.1, 0.15) is 12.4 Å². The molecule has 1 aliphatic rings. The standard InChI is InChI=1S/C12H17F3N8/c1-8-16-11(19-17-8)9-4-2-3-5-22(9)6-10-18-20-21-23(10)7-12(13,14)15/h9H,2-7H2,1H3,(H,16,17,19)/t9-/m0/s1. The summed E-state index contributed by atoms with van der Waals surface area (Å²) in [7, 11) is 0. The number of nitrogens with zero attached hydrogens (tertiary/aromatic N) is 7. The van der Waals surface area contributed by atoms with Gasteiger partial charge < -0.3 is 0 Å². The van der Waals surface area contributed by atoms with Crippen molar-refractivity contribution in [3.05, 3.63) is 17.5 Å². The predicted octanol–water partition coefficient (Wildman–Crippen LogP) is 1.39. The monoisotopic (exact) mass is 330 g/mol. The van der Waals surface area contributed by atoms with Crippen LogP contribution < -0.4 is 0 Å². The van der Waals surface area contributed by atoms with Gasteiger partial charge in [-0.25, -0.2) is 9.67 Å². The largest absolute Gasteiger partial charge is 0.408 e. The Kier molecular flexibility index (Phi) is 4.28. The number of tetrazole rings is 1. The van der Waals surface area contributed by atoms with Crippen molar-refractivity contribution in [2.75, 3.05) is 6.54 Å². The first-order valence-electron chi connectivity index (χ1n) is 7.37. The van der Waals surface area contributed by atoms with E-state index in [9.17, 15) is 13.2 Å². The van der Waals surface area contributed by atoms with Crippen LogP contribution in [0.15, 0.2) is 0 Å². The van der Waals surface area contributed by atoms with E-state index in [1.165, 1.54) is 0 Å². The van der Waals surface area contributed by atoms with E-state index < -0.39 is 12.7 Å². The molecule has 2 aromatic rings. The van der Waals surface area contributed by atoms with Gasteiger partial charge in [-0.15, -0.1) is 5.10 Å². The molecule has 0 bridgehead atoms. The van der Waals surface area contributed by atoms with E-state index in [4.69, 9.17) is 0 Å². The summed E-state index contributed by atoms with van der Waals surface area (Å²) >= 11 is 0. The number of hydrogen-bond donors (Lipinski definition) is 1. The highest BCUT2D eigenvalue weighted by molar-refractivity contribution is 4.99. The van der Waals surface area contributed by atoms with Gasteiger partial charge in [0, 0.05) is 0 Å². The molecular weight excluding hydrogens is 313 g/mol. The van der Waals surface area contributed by atoms with Gasteiger partial charge in [-0.1, -0.05) is 6.42 Å². The fraction of sp³-hybridized carbons (Fsp3) is 0.750. The van der Waals surface area contributed by atoms with E-state index in [1.54, 1.807) is 0 Å². The summed E-state index contributed by atoms with van der Waals surface area (Å²) in [4.78, 5) is 6.38. The van der Waals surface area contributed by atoms with Crippen LogP contribution >= 0.6 is 0 Å². The SMILES string of the molecule is Cc1nc([C@@H]2CCCCN2Cc2nnnn2CC(F)(F)F)n[nH]1. The van der Waals surface area contributed by atoms with Crippen LogP contribution in [0.2, 0.25) is 0 Å². The Morgan fingerprint density at radius 3 is 2.83 bits per heavy atom. The number of alkyl halides is 3. The first kappa shape index (κ1) is 15.8. The molecule has 0 aromatic carbocycles. The zero-order valence-corrected chi connectivity index (χ0v) is 12.6. The molecule has 1 aliphatic heterocycles. The molecule has 0 aliphatic carbocycles. The van der Waals surface area contributed by atoms with Crippen LogP contribution in [0.3, 0.4) is 0 Å². The maximum atomic E-state index is 12.6. The smallest absolute Gasteiger partial charge is 0.286 e. The minimum Gasteiger partial charge on any atom is -0.286 e. The topological polar surface area (TPSA) is 88.4 Å². The fourth-order valence-corrected chi connectivity index (χ4v) is 2.79. The van der Waals surface area contributed by atoms with Gasteiger partial charge >= 0.3 is 6.18 Å². The fourth-order valence-electron chi connectivity index (χ4n) is 2.79. The van der Waals surface area contributed by atoms with E-state index in [2.05, 4.69) is 30.7 Å². The molecule has 23 heavy (non-hydrogen) atoms. The zero-order valence-electron chi connectivity index (χ0n) is 12.6. The van der Waals surface area contributed by atoms with Crippen molar-refractivity contribution in [2.24, 2.45) is 0 Å². The van der Waals surface area contributed by atoms with Crippen molar-refractivity contribution in [2.45, 2.75) is 51.5 Å². The Labute approximate surface area is 130 Å². The van der Waals surface area contributed by atoms with Crippen molar-refractivity contribution in [1.82, 2.24) is 40.3 Å². The number of aryl methyl sites for hydroxylation is 1. The normalized spacial score (nSPS) is 20.1. The molecule has 0 saturated carbocycles. The van der Waals surface area contributed by atoms with Crippen molar-refractivity contribution in [3.63, 3.8) is 0 Å². The third-order valence-corrected chi connectivity index (χ3v) is 3.81. The minimum absolute atomic E-state index is 0.0373. The maximum Gasteiger partial charge on any atom is 0.408 e. The van der Waals surface area contributed by atoms with E-state index >= 15 is 0 Å². The zero-order chi connectivity index (χ0) is 16.4. The first-order valence-corrected chi connectivity index (χ1v) is 7.37. The van der Waals surface area contributed by atoms with Crippen LogP contribution in [0, 0.1) is 6.92 Å². The third-order valence-electron chi connectivity index (χ3n) is 3.81. The summed E-state index contributed by atoms with van der Waals surface area (Å²) in [6.45, 7) is 1.61. The molecule has 126 valence electrons. The highest BCUT2D eigenvalue weighted by atomic mass is 19.4. The number of likely N-dealkylation sites (tertiary alicyclic amines) is 1. The molecule has 1 atom stereocenters. The van der Waals surface area contributed by atoms with Crippen molar-refractivity contribution in [3.8, 4) is 0 Å². The van der Waals surface area contributed by atoms with Crippen LogP contribution in [0.1, 0.15) is 42.8 Å². The number of nitrogens with one attached hydrogen (secondary N) is 1. The summed E-state index contributed by atoms with van der Waals surface area (Å²) in [6.07, 6.45) is -1.49. The van der Waals surface area contributed by atoms with E-state index in [1.807, 2.05) is 11.8 Å². The molecule has 0 spiro atoms. The number of piperidine rings is 1. The first-order chi connectivity index (χ1) is 10.9. The van der Waals surface area contributed by atoms with E-state index in [0.717, 1.165) is 30.5 Å². The number of aromatic nitrogens is 7. The summed E-state index contributed by atoms with van der Waals surface area (Å²) in [5.41, 5.74) is 0. The lowest BCUT2D eigenvalue weighted by Crippen LogP contribution is -2.35. The molecule has 11 heteroatoms. The van der Waals surface area contributed by atoms with Gasteiger partial charge in [0.25, 0.3) is 0 Å². The lowest BCUT2D eigenvalue weighted by molar-refractivity contribution is -0.143. The van der Waals surface area contributed by atoms with Gasteiger partial charge in [0.2, 0.25) is 0 Å². The predicted molar refractivity (Wildman–Crippen MR) is 72.0 cm³/mol. The maximum absolute atomic E-state index is 12.6. The lowest BCUT2D eigenvalue weighted by Gasteiger charge is -2.33. The quantitative estimate of drug-likeness (QED) is 0.911. The average molecular weight is 330 g/mol. The molecule has 1 fully saturated rings. The number of H-pyrrole nitrogens is 1. The van der Waals surface area contributed by atoms with E-state index in [-0.39, 0.29) is 18.4 Å². The van der Waals surface area contributed by atoms with E-state index in [0.29, 0.717) is 11.6 Å². The second kappa shape index (κ2) is 6.22. The molecule has 0 unspecified atom stereocenters. The second-order valence-corrected chi connectivity index (χ2v) is 5.63. The number of hydrogen-bond acceptors (Lipinski definition) is 6. The summed E-state index contributed by atoms with van der Waals surface area (Å²) in [5, 5.41) is 17.5. The Bertz CT molecular complexity index is 649. The van der Waals surface area contributed by atoms with Crippen molar-refractivity contribution in [1.29, 1.82) is 0 Å². The highest BCUT2D eigenvalue weighted by Crippen LogP contribution is 2.30. The van der Waals surface area contributed by atoms with Crippen LogP contribution in [0.5, 0.6) is 0 Å². The average Bonchev–Trinajstić information content (AvgIpc) is 3.08. The Hall–Kier alpha value is -2.04. The molecule has 3 heterocycles. The van der Waals surface area contributed by atoms with Crippen LogP contribution in [0.4, 0.5) is 13.2 Å². The summed E-state index contributed by atoms with van der Waals surface area (Å²) in [6, 6.07) is -0.0373. The Morgan fingerprint density at radius 1 is 1.30 bits per heavy atom. The molecule has 0 amide bonds. The van der Waals surface area contributed by atoms with Crippen molar-refractivity contribution < 1.29 is 13.2 Å². The van der Waals surface area contributed by atoms with Crippen LogP contribution in [0.25, 0.3) is 0 Å². The third kappa shape index (κ3) is 3.84. The molecule has 8 nitrogen and oxygen atoms in total. The number of rotatable bonds is 4. The van der Waals surface area contributed by atoms with Crippen LogP contribution in [-0.4, -0.2) is 53.0 Å². The second-order valence-electron chi connectivity index (χ2n) is 5.63. The minimum atomic E-state index is -4.35. The summed E-state index contributed by atoms with van der Waals surface area (Å²) < 4.78 is 38.5. The lowest BCUT2D eigenvalue weighted by atomic mass is 10.0. The Balaban J connectivity index is 1.76. The molecule has 1 saturated heterocycles. The Morgan fingerprint density at radius 2 is 2.13 bits per heavy atom. The molecule has 1 N–H and O–H groups in total. The van der Waals surface area contributed by atoms with Gasteiger partial charge in [-0.2, -0.15) is 18.3 Å². The molecular formula is C12H17F3N8. The molecule has 0 radical (unpaired) electrons. The molecule has 2 aromatic heterocycles. The van der Waals surface area contributed by atoms with Gasteiger partial charge in [0.05, 0.1) is 12.6 Å². The van der Waals surface area contributed by atoms with Gasteiger partial charge in [-0.05, 0) is 36.7 Å².